The maximum atomic E-state index is 5.80. The average Bonchev–Trinajstić information content (AvgIpc) is 2.84. The zero-order chi connectivity index (χ0) is 12.7. The molecule has 3 N–H and O–H groups in total. The van der Waals surface area contributed by atoms with Crippen molar-refractivity contribution in [3.05, 3.63) is 18.0 Å². The normalized spacial score (nSPS) is 33.8. The van der Waals surface area contributed by atoms with Crippen molar-refractivity contribution in [2.45, 2.75) is 43.8 Å². The van der Waals surface area contributed by atoms with Crippen LogP contribution in [0.3, 0.4) is 0 Å². The maximum absolute atomic E-state index is 5.80. The molecular formula is C13H23N5. The van der Waals surface area contributed by atoms with Crippen LogP contribution in [0.25, 0.3) is 0 Å². The number of hydrogen-bond acceptors (Lipinski definition) is 4. The van der Waals surface area contributed by atoms with Gasteiger partial charge in [-0.1, -0.05) is 0 Å². The van der Waals surface area contributed by atoms with E-state index in [2.05, 4.69) is 28.5 Å². The summed E-state index contributed by atoms with van der Waals surface area (Å²) in [5, 5.41) is 4.26. The Hall–Kier alpha value is -0.910. The summed E-state index contributed by atoms with van der Waals surface area (Å²) in [5.74, 6) is 6.43. The van der Waals surface area contributed by atoms with E-state index in [-0.39, 0.29) is 6.04 Å². The Labute approximate surface area is 108 Å². The van der Waals surface area contributed by atoms with Gasteiger partial charge in [-0.15, -0.1) is 0 Å². The Morgan fingerprint density at radius 2 is 2.00 bits per heavy atom. The molecule has 2 bridgehead atoms. The van der Waals surface area contributed by atoms with Gasteiger partial charge in [0.25, 0.3) is 0 Å². The van der Waals surface area contributed by atoms with Gasteiger partial charge in [0.15, 0.2) is 0 Å². The fourth-order valence-electron chi connectivity index (χ4n) is 3.88. The molecule has 2 aliphatic heterocycles. The van der Waals surface area contributed by atoms with Crippen LogP contribution in [-0.2, 0) is 7.05 Å². The molecule has 1 aromatic heterocycles. The number of aromatic nitrogens is 2. The summed E-state index contributed by atoms with van der Waals surface area (Å²) in [5.41, 5.74) is 4.22. The molecule has 3 unspecified atom stereocenters. The van der Waals surface area contributed by atoms with Crippen LogP contribution in [0.2, 0.25) is 0 Å². The van der Waals surface area contributed by atoms with Crippen LogP contribution in [0.1, 0.15) is 37.4 Å². The van der Waals surface area contributed by atoms with E-state index in [4.69, 9.17) is 5.84 Å². The third kappa shape index (κ3) is 1.86. The van der Waals surface area contributed by atoms with E-state index < -0.39 is 0 Å². The van der Waals surface area contributed by atoms with E-state index in [1.807, 2.05) is 17.9 Å². The van der Waals surface area contributed by atoms with Crippen molar-refractivity contribution < 1.29 is 0 Å². The number of hydrazine groups is 1. The van der Waals surface area contributed by atoms with Gasteiger partial charge in [-0.3, -0.25) is 16.0 Å². The number of nitrogens with two attached hydrogens (primary N) is 1. The first-order chi connectivity index (χ1) is 8.70. The molecule has 3 rings (SSSR count). The number of rotatable bonds is 3. The van der Waals surface area contributed by atoms with E-state index in [1.54, 1.807) is 0 Å². The van der Waals surface area contributed by atoms with Crippen molar-refractivity contribution in [1.82, 2.24) is 20.1 Å². The highest BCUT2D eigenvalue weighted by Crippen LogP contribution is 2.42. The minimum atomic E-state index is 0.231. The Morgan fingerprint density at radius 3 is 2.50 bits per heavy atom. The Kier molecular flexibility index (Phi) is 3.13. The second-order valence-corrected chi connectivity index (χ2v) is 5.81. The summed E-state index contributed by atoms with van der Waals surface area (Å²) < 4.78 is 1.94. The van der Waals surface area contributed by atoms with Crippen LogP contribution < -0.4 is 11.3 Å². The molecule has 2 fully saturated rings. The summed E-state index contributed by atoms with van der Waals surface area (Å²) in [6, 6.07) is 3.80. The highest BCUT2D eigenvalue weighted by atomic mass is 15.3. The second-order valence-electron chi connectivity index (χ2n) is 5.81. The van der Waals surface area contributed by atoms with Crippen molar-refractivity contribution >= 4 is 0 Å². The van der Waals surface area contributed by atoms with Crippen molar-refractivity contribution in [2.75, 3.05) is 7.05 Å². The standard InChI is InChI=1S/C13H23N5/c1-17-10-3-4-11(17)8-9(7-10)13(16-14)12-5-6-15-18(12)2/h5-6,9-11,13,16H,3-4,7-8,14H2,1-2H3. The maximum Gasteiger partial charge on any atom is 0.0658 e. The Bertz CT molecular complexity index is 401. The summed E-state index contributed by atoms with van der Waals surface area (Å²) in [6.45, 7) is 0. The third-order valence-corrected chi connectivity index (χ3v) is 4.96. The van der Waals surface area contributed by atoms with Gasteiger partial charge < -0.3 is 4.90 Å². The number of hydrogen-bond donors (Lipinski definition) is 2. The lowest BCUT2D eigenvalue weighted by atomic mass is 9.84. The van der Waals surface area contributed by atoms with Crippen molar-refractivity contribution in [1.29, 1.82) is 0 Å². The summed E-state index contributed by atoms with van der Waals surface area (Å²) in [7, 11) is 4.26. The predicted octanol–water partition coefficient (Wildman–Crippen LogP) is 0.797. The minimum Gasteiger partial charge on any atom is -0.300 e. The molecule has 0 amide bonds. The molecule has 0 saturated carbocycles. The van der Waals surface area contributed by atoms with E-state index in [0.29, 0.717) is 5.92 Å². The summed E-state index contributed by atoms with van der Waals surface area (Å²) >= 11 is 0. The van der Waals surface area contributed by atoms with Crippen LogP contribution >= 0.6 is 0 Å². The monoisotopic (exact) mass is 249 g/mol. The molecule has 0 radical (unpaired) electrons. The number of aryl methyl sites for hydroxylation is 1. The topological polar surface area (TPSA) is 59.1 Å². The smallest absolute Gasteiger partial charge is 0.0658 e. The van der Waals surface area contributed by atoms with Crippen molar-refractivity contribution in [2.24, 2.45) is 18.8 Å². The third-order valence-electron chi connectivity index (χ3n) is 4.96. The summed E-state index contributed by atoms with van der Waals surface area (Å²) in [6.07, 6.45) is 7.03. The molecule has 0 spiro atoms. The average molecular weight is 249 g/mol. The van der Waals surface area contributed by atoms with Crippen LogP contribution in [0.15, 0.2) is 12.3 Å². The molecular weight excluding hydrogens is 226 g/mol. The Morgan fingerprint density at radius 1 is 1.33 bits per heavy atom. The molecule has 100 valence electrons. The van der Waals surface area contributed by atoms with Gasteiger partial charge in [-0.05, 0) is 44.7 Å². The van der Waals surface area contributed by atoms with Gasteiger partial charge >= 0.3 is 0 Å². The first kappa shape index (κ1) is 12.1. The molecule has 2 saturated heterocycles. The zero-order valence-electron chi connectivity index (χ0n) is 11.2. The van der Waals surface area contributed by atoms with Gasteiger partial charge in [-0.2, -0.15) is 5.10 Å². The van der Waals surface area contributed by atoms with Gasteiger partial charge in [0.05, 0.1) is 11.7 Å². The first-order valence-electron chi connectivity index (χ1n) is 6.86. The molecule has 3 heterocycles. The SMILES string of the molecule is CN1C2CCC1CC(C(NN)c1ccnn1C)C2. The molecule has 5 nitrogen and oxygen atoms in total. The number of nitrogens with zero attached hydrogens (tertiary/aromatic N) is 3. The summed E-state index contributed by atoms with van der Waals surface area (Å²) in [4.78, 5) is 2.56. The molecule has 18 heavy (non-hydrogen) atoms. The number of fused-ring (bicyclic) bond motifs is 2. The largest absolute Gasteiger partial charge is 0.300 e. The van der Waals surface area contributed by atoms with Crippen molar-refractivity contribution in [3.8, 4) is 0 Å². The van der Waals surface area contributed by atoms with E-state index in [1.165, 1.54) is 31.4 Å². The lowest BCUT2D eigenvalue weighted by Crippen LogP contribution is -2.45. The van der Waals surface area contributed by atoms with Crippen LogP contribution in [0.5, 0.6) is 0 Å². The second kappa shape index (κ2) is 4.64. The van der Waals surface area contributed by atoms with Crippen LogP contribution in [0.4, 0.5) is 0 Å². The van der Waals surface area contributed by atoms with E-state index in [0.717, 1.165) is 12.1 Å². The molecule has 5 heteroatoms. The lowest BCUT2D eigenvalue weighted by molar-refractivity contribution is 0.110. The van der Waals surface area contributed by atoms with Gasteiger partial charge in [-0.25, -0.2) is 0 Å². The zero-order valence-corrected chi connectivity index (χ0v) is 11.2. The van der Waals surface area contributed by atoms with Crippen molar-refractivity contribution in [3.63, 3.8) is 0 Å². The number of nitrogens with one attached hydrogen (secondary N) is 1. The minimum absolute atomic E-state index is 0.231. The number of piperidine rings is 1. The fraction of sp³-hybridized carbons (Fsp3) is 0.769. The highest BCUT2D eigenvalue weighted by molar-refractivity contribution is 5.10. The van der Waals surface area contributed by atoms with Crippen LogP contribution in [-0.4, -0.2) is 33.8 Å². The van der Waals surface area contributed by atoms with Gasteiger partial charge in [0.1, 0.15) is 0 Å². The van der Waals surface area contributed by atoms with Gasteiger partial charge in [0, 0.05) is 25.3 Å². The molecule has 1 aromatic rings. The quantitative estimate of drug-likeness (QED) is 0.614. The highest BCUT2D eigenvalue weighted by Gasteiger charge is 2.41. The Balaban J connectivity index is 1.80. The molecule has 0 aromatic carbocycles. The van der Waals surface area contributed by atoms with E-state index in [9.17, 15) is 0 Å². The molecule has 3 atom stereocenters. The molecule has 2 aliphatic rings. The lowest BCUT2D eigenvalue weighted by Gasteiger charge is -2.39. The molecule has 0 aliphatic carbocycles. The first-order valence-corrected chi connectivity index (χ1v) is 6.86. The van der Waals surface area contributed by atoms with E-state index >= 15 is 0 Å². The van der Waals surface area contributed by atoms with Gasteiger partial charge in [0.2, 0.25) is 0 Å². The van der Waals surface area contributed by atoms with Crippen LogP contribution in [0, 0.1) is 5.92 Å². The fourth-order valence-corrected chi connectivity index (χ4v) is 3.88. The predicted molar refractivity (Wildman–Crippen MR) is 70.6 cm³/mol.